The maximum atomic E-state index is 11.8. The van der Waals surface area contributed by atoms with Crippen LogP contribution in [0.3, 0.4) is 0 Å². The van der Waals surface area contributed by atoms with Crippen LogP contribution in [0, 0.1) is 0 Å². The first-order valence-electron chi connectivity index (χ1n) is 3.44. The van der Waals surface area contributed by atoms with Crippen LogP contribution >= 0.6 is 95.6 Å². The molecule has 0 aromatic carbocycles. The molecule has 1 aromatic rings. The van der Waals surface area contributed by atoms with Gasteiger partial charge in [0.15, 0.2) is 0 Å². The summed E-state index contributed by atoms with van der Waals surface area (Å²) < 4.78 is 5.89. The average Bonchev–Trinajstić information content (AvgIpc) is 2.13. The van der Waals surface area contributed by atoms with Crippen molar-refractivity contribution < 1.29 is 4.42 Å². The van der Waals surface area contributed by atoms with Crippen molar-refractivity contribution in [3.63, 3.8) is 0 Å². The predicted octanol–water partition coefficient (Wildman–Crippen LogP) is 5.74. The molecule has 1 heterocycles. The highest BCUT2D eigenvalue weighted by Gasteiger charge is 2.22. The summed E-state index contributed by atoms with van der Waals surface area (Å²) in [6.45, 7) is 0. The van der Waals surface area contributed by atoms with E-state index in [0.29, 0.717) is 20.5 Å². The van der Waals surface area contributed by atoms with E-state index >= 15 is 0 Å². The van der Waals surface area contributed by atoms with Gasteiger partial charge in [0.25, 0.3) is 0 Å². The standard InChI is InChI=1S/C7H2Br6O2/c8-1-3(14)2(9)5(7(12)13)15-4(1)6(10)11/h6-7H. The van der Waals surface area contributed by atoms with Crippen LogP contribution in [0.5, 0.6) is 0 Å². The maximum Gasteiger partial charge on any atom is 0.213 e. The van der Waals surface area contributed by atoms with Crippen molar-refractivity contribution in [1.82, 2.24) is 0 Å². The summed E-state index contributed by atoms with van der Waals surface area (Å²) >= 11 is 19.5. The molecule has 0 bridgehead atoms. The molecule has 0 aliphatic carbocycles. The van der Waals surface area contributed by atoms with Crippen LogP contribution in [0.25, 0.3) is 0 Å². The second-order valence-electron chi connectivity index (χ2n) is 2.39. The van der Waals surface area contributed by atoms with Gasteiger partial charge in [0.2, 0.25) is 5.43 Å². The molecule has 0 aliphatic rings. The molecule has 0 spiro atoms. The molecule has 0 radical (unpaired) electrons. The van der Waals surface area contributed by atoms with Crippen LogP contribution in [0.4, 0.5) is 0 Å². The highest BCUT2D eigenvalue weighted by atomic mass is 79.9. The zero-order valence-corrected chi connectivity index (χ0v) is 16.3. The minimum absolute atomic E-state index is 0.154. The summed E-state index contributed by atoms with van der Waals surface area (Å²) in [4.78, 5) is 11.8. The van der Waals surface area contributed by atoms with E-state index in [2.05, 4.69) is 95.6 Å². The van der Waals surface area contributed by atoms with E-state index in [1.54, 1.807) is 0 Å². The molecule has 1 rings (SSSR count). The fourth-order valence-electron chi connectivity index (χ4n) is 0.809. The van der Waals surface area contributed by atoms with E-state index < -0.39 is 0 Å². The summed E-state index contributed by atoms with van der Waals surface area (Å²) in [7, 11) is 0. The van der Waals surface area contributed by atoms with Crippen molar-refractivity contribution in [2.45, 2.75) is 7.47 Å². The first kappa shape index (κ1) is 14.9. The molecule has 84 valence electrons. The minimum Gasteiger partial charge on any atom is -0.459 e. The van der Waals surface area contributed by atoms with E-state index in [1.165, 1.54) is 0 Å². The van der Waals surface area contributed by atoms with Gasteiger partial charge in [-0.2, -0.15) is 0 Å². The molecule has 0 fully saturated rings. The Morgan fingerprint density at radius 2 is 1.20 bits per heavy atom. The van der Waals surface area contributed by atoms with E-state index in [-0.39, 0.29) is 12.9 Å². The van der Waals surface area contributed by atoms with E-state index in [4.69, 9.17) is 4.42 Å². The van der Waals surface area contributed by atoms with Gasteiger partial charge in [-0.1, -0.05) is 63.7 Å². The zero-order valence-electron chi connectivity index (χ0n) is 6.74. The van der Waals surface area contributed by atoms with Crippen LogP contribution in [0.1, 0.15) is 19.0 Å². The number of rotatable bonds is 2. The maximum absolute atomic E-state index is 11.8. The van der Waals surface area contributed by atoms with Crippen molar-refractivity contribution in [3.8, 4) is 0 Å². The van der Waals surface area contributed by atoms with Gasteiger partial charge in [0.05, 0.1) is 0 Å². The largest absolute Gasteiger partial charge is 0.459 e. The quantitative estimate of drug-likeness (QED) is 0.407. The molecule has 0 amide bonds. The zero-order chi connectivity index (χ0) is 11.7. The fourth-order valence-corrected chi connectivity index (χ4v) is 4.61. The molecule has 15 heavy (non-hydrogen) atoms. The lowest BCUT2D eigenvalue weighted by Gasteiger charge is -2.10. The highest BCUT2D eigenvalue weighted by molar-refractivity contribution is 9.24. The SMILES string of the molecule is O=c1c(Br)c(C(Br)Br)oc(C(Br)Br)c1Br. The molecule has 0 unspecified atom stereocenters. The summed E-state index contributed by atoms with van der Waals surface area (Å²) in [5.74, 6) is 0.976. The Morgan fingerprint density at radius 3 is 1.47 bits per heavy atom. The fraction of sp³-hybridized carbons (Fsp3) is 0.286. The lowest BCUT2D eigenvalue weighted by atomic mass is 10.3. The van der Waals surface area contributed by atoms with Crippen molar-refractivity contribution in [2.75, 3.05) is 0 Å². The third-order valence-electron chi connectivity index (χ3n) is 1.45. The third-order valence-corrected chi connectivity index (χ3v) is 4.61. The molecule has 0 aliphatic heterocycles. The van der Waals surface area contributed by atoms with Gasteiger partial charge in [-0.25, -0.2) is 0 Å². The Hall–Kier alpha value is 1.83. The summed E-state index contributed by atoms with van der Waals surface area (Å²) in [6, 6.07) is 0. The first-order chi connectivity index (χ1) is 6.86. The topological polar surface area (TPSA) is 30.2 Å². The molecule has 0 atom stereocenters. The molecule has 2 nitrogen and oxygen atoms in total. The number of hydrogen-bond acceptors (Lipinski definition) is 2. The molecular weight excluding hydrogens is 595 g/mol. The molecule has 0 N–H and O–H groups in total. The van der Waals surface area contributed by atoms with Gasteiger partial charge in [0, 0.05) is 0 Å². The van der Waals surface area contributed by atoms with Gasteiger partial charge in [0.1, 0.15) is 27.9 Å². The van der Waals surface area contributed by atoms with E-state index in [9.17, 15) is 4.79 Å². The lowest BCUT2D eigenvalue weighted by molar-refractivity contribution is 0.470. The van der Waals surface area contributed by atoms with Crippen LogP contribution in [-0.4, -0.2) is 0 Å². The molecule has 0 saturated heterocycles. The third kappa shape index (κ3) is 3.40. The normalized spacial score (nSPS) is 11.5. The van der Waals surface area contributed by atoms with Crippen molar-refractivity contribution >= 4 is 95.6 Å². The predicted molar refractivity (Wildman–Crippen MR) is 81.6 cm³/mol. The monoisotopic (exact) mass is 592 g/mol. The Kier molecular flexibility index (Phi) is 6.09. The summed E-state index contributed by atoms with van der Waals surface area (Å²) in [5, 5.41) is 0. The van der Waals surface area contributed by atoms with Crippen LogP contribution in [0.15, 0.2) is 18.2 Å². The van der Waals surface area contributed by atoms with Crippen molar-refractivity contribution in [1.29, 1.82) is 0 Å². The second kappa shape index (κ2) is 6.13. The van der Waals surface area contributed by atoms with Crippen molar-refractivity contribution in [2.24, 2.45) is 0 Å². The van der Waals surface area contributed by atoms with Gasteiger partial charge in [-0.3, -0.25) is 4.79 Å². The number of halogens is 6. The molecule has 1 aromatic heterocycles. The van der Waals surface area contributed by atoms with Crippen LogP contribution in [0.2, 0.25) is 0 Å². The second-order valence-corrected chi connectivity index (χ2v) is 10.1. The first-order valence-corrected chi connectivity index (χ1v) is 8.69. The van der Waals surface area contributed by atoms with Gasteiger partial charge in [-0.05, 0) is 31.9 Å². The van der Waals surface area contributed by atoms with Gasteiger partial charge in [-0.15, -0.1) is 0 Å². The van der Waals surface area contributed by atoms with Crippen LogP contribution < -0.4 is 5.43 Å². The Balaban J connectivity index is 3.53. The van der Waals surface area contributed by atoms with Gasteiger partial charge >= 0.3 is 0 Å². The number of hydrogen-bond donors (Lipinski definition) is 0. The highest BCUT2D eigenvalue weighted by Crippen LogP contribution is 2.39. The number of alkyl halides is 4. The minimum atomic E-state index is -0.224. The lowest BCUT2D eigenvalue weighted by Crippen LogP contribution is -2.09. The van der Waals surface area contributed by atoms with E-state index in [0.717, 1.165) is 0 Å². The van der Waals surface area contributed by atoms with Crippen LogP contribution in [-0.2, 0) is 0 Å². The molecular formula is C7H2Br6O2. The van der Waals surface area contributed by atoms with Gasteiger partial charge < -0.3 is 4.42 Å². The average molecular weight is 598 g/mol. The smallest absolute Gasteiger partial charge is 0.213 e. The Bertz CT molecular complexity index is 389. The Morgan fingerprint density at radius 1 is 0.867 bits per heavy atom. The van der Waals surface area contributed by atoms with Crippen molar-refractivity contribution in [3.05, 3.63) is 30.7 Å². The molecule has 0 saturated carbocycles. The Labute approximate surface area is 136 Å². The molecule has 8 heteroatoms. The van der Waals surface area contributed by atoms with E-state index in [1.807, 2.05) is 0 Å². The summed E-state index contributed by atoms with van der Waals surface area (Å²) in [6.07, 6.45) is 0. The summed E-state index contributed by atoms with van der Waals surface area (Å²) in [5.41, 5.74) is -0.154.